The molecule has 0 aliphatic heterocycles. The average molecular weight is 474 g/mol. The Morgan fingerprint density at radius 2 is 1.60 bits per heavy atom. The molecule has 3 aromatic carbocycles. The largest absolute Gasteiger partial charge is 0.494 e. The summed E-state index contributed by atoms with van der Waals surface area (Å²) in [6, 6.07) is 26.2. The first-order valence-electron chi connectivity index (χ1n) is 12.8. The fourth-order valence-corrected chi connectivity index (χ4v) is 4.47. The molecule has 0 saturated heterocycles. The molecule has 35 heavy (non-hydrogen) atoms. The number of carboxylic acid groups (broad SMARTS) is 1. The molecule has 0 bridgehead atoms. The third kappa shape index (κ3) is 7.61. The molecule has 0 fully saturated rings. The highest BCUT2D eigenvalue weighted by atomic mass is 16.5. The minimum Gasteiger partial charge on any atom is -0.494 e. The zero-order chi connectivity index (χ0) is 25.2. The Morgan fingerprint density at radius 3 is 2.20 bits per heavy atom. The third-order valence-corrected chi connectivity index (χ3v) is 6.58. The molecule has 4 nitrogen and oxygen atoms in total. The minimum absolute atomic E-state index is 0.125. The second kappa shape index (κ2) is 13.0. The Hall–Kier alpha value is -3.27. The molecule has 186 valence electrons. The van der Waals surface area contributed by atoms with E-state index in [1.54, 1.807) is 0 Å². The van der Waals surface area contributed by atoms with Crippen molar-refractivity contribution in [2.45, 2.75) is 71.9 Å². The molecule has 4 heteroatoms. The number of ether oxygens (including phenoxy) is 1. The number of nitrogens with zero attached hydrogens (tertiary/aromatic N) is 1. The molecule has 0 aliphatic rings. The lowest BCUT2D eigenvalue weighted by Gasteiger charge is -2.30. The Balaban J connectivity index is 1.69. The van der Waals surface area contributed by atoms with Crippen LogP contribution in [0.25, 0.3) is 11.1 Å². The summed E-state index contributed by atoms with van der Waals surface area (Å²) in [6.07, 6.45) is 2.98. The van der Waals surface area contributed by atoms with Crippen molar-refractivity contribution < 1.29 is 14.6 Å². The van der Waals surface area contributed by atoms with E-state index in [9.17, 15) is 4.79 Å². The van der Waals surface area contributed by atoms with Crippen molar-refractivity contribution in [3.8, 4) is 16.9 Å². The number of hydrogen-bond acceptors (Lipinski definition) is 3. The fraction of sp³-hybridized carbons (Fsp3) is 0.387. The lowest BCUT2D eigenvalue weighted by atomic mass is 9.94. The highest BCUT2D eigenvalue weighted by molar-refractivity contribution is 5.66. The van der Waals surface area contributed by atoms with Crippen LogP contribution in [-0.2, 0) is 11.3 Å². The number of carbonyl (C=O) groups is 1. The van der Waals surface area contributed by atoms with Crippen molar-refractivity contribution in [1.29, 1.82) is 0 Å². The SMILES string of the molecule is CCC(CC)c1ccc(N(Cc2cccc(-c3ccc(OCCCC(=O)O)cc3)c2)C(C)C)cc1. The van der Waals surface area contributed by atoms with Gasteiger partial charge in [-0.25, -0.2) is 0 Å². The van der Waals surface area contributed by atoms with Gasteiger partial charge in [0.2, 0.25) is 0 Å². The van der Waals surface area contributed by atoms with Crippen LogP contribution in [0.15, 0.2) is 72.8 Å². The quantitative estimate of drug-likeness (QED) is 0.256. The van der Waals surface area contributed by atoms with Gasteiger partial charge in [-0.1, -0.05) is 56.3 Å². The normalized spacial score (nSPS) is 11.1. The molecular weight excluding hydrogens is 434 g/mol. The van der Waals surface area contributed by atoms with E-state index in [0.717, 1.165) is 17.9 Å². The van der Waals surface area contributed by atoms with Crippen LogP contribution in [-0.4, -0.2) is 23.7 Å². The van der Waals surface area contributed by atoms with Gasteiger partial charge in [0, 0.05) is 24.7 Å². The van der Waals surface area contributed by atoms with Crippen LogP contribution < -0.4 is 9.64 Å². The van der Waals surface area contributed by atoms with E-state index in [1.165, 1.54) is 35.2 Å². The van der Waals surface area contributed by atoms with Crippen LogP contribution in [0.5, 0.6) is 5.75 Å². The van der Waals surface area contributed by atoms with Crippen molar-refractivity contribution in [2.75, 3.05) is 11.5 Å². The molecule has 1 N–H and O–H groups in total. The van der Waals surface area contributed by atoms with E-state index < -0.39 is 5.97 Å². The number of anilines is 1. The van der Waals surface area contributed by atoms with Gasteiger partial charge in [-0.2, -0.15) is 0 Å². The first-order chi connectivity index (χ1) is 16.9. The van der Waals surface area contributed by atoms with Gasteiger partial charge in [-0.15, -0.1) is 0 Å². The topological polar surface area (TPSA) is 49.8 Å². The summed E-state index contributed by atoms with van der Waals surface area (Å²) in [5, 5.41) is 8.74. The van der Waals surface area contributed by atoms with E-state index in [1.807, 2.05) is 12.1 Å². The summed E-state index contributed by atoms with van der Waals surface area (Å²) < 4.78 is 5.67. The molecule has 0 radical (unpaired) electrons. The molecule has 0 amide bonds. The van der Waals surface area contributed by atoms with E-state index in [2.05, 4.69) is 93.3 Å². The molecule has 0 saturated carbocycles. The smallest absolute Gasteiger partial charge is 0.303 e. The second-order valence-electron chi connectivity index (χ2n) is 9.40. The predicted molar refractivity (Wildman–Crippen MR) is 145 cm³/mol. The van der Waals surface area contributed by atoms with Crippen molar-refractivity contribution in [2.24, 2.45) is 0 Å². The average Bonchev–Trinajstić information content (AvgIpc) is 2.87. The summed E-state index contributed by atoms with van der Waals surface area (Å²) in [6.45, 7) is 10.3. The van der Waals surface area contributed by atoms with E-state index in [4.69, 9.17) is 9.84 Å². The summed E-state index contributed by atoms with van der Waals surface area (Å²) >= 11 is 0. The first-order valence-corrected chi connectivity index (χ1v) is 12.8. The van der Waals surface area contributed by atoms with E-state index in [-0.39, 0.29) is 6.42 Å². The van der Waals surface area contributed by atoms with E-state index >= 15 is 0 Å². The fourth-order valence-electron chi connectivity index (χ4n) is 4.47. The zero-order valence-electron chi connectivity index (χ0n) is 21.5. The summed E-state index contributed by atoms with van der Waals surface area (Å²) in [5.74, 6) is 0.603. The Bertz CT molecular complexity index is 1050. The van der Waals surface area contributed by atoms with Crippen molar-refractivity contribution >= 4 is 11.7 Å². The Morgan fingerprint density at radius 1 is 0.914 bits per heavy atom. The van der Waals surface area contributed by atoms with Crippen LogP contribution >= 0.6 is 0 Å². The number of benzene rings is 3. The lowest BCUT2D eigenvalue weighted by molar-refractivity contribution is -0.137. The maximum atomic E-state index is 10.6. The van der Waals surface area contributed by atoms with Gasteiger partial charge in [0.15, 0.2) is 0 Å². The minimum atomic E-state index is -0.793. The van der Waals surface area contributed by atoms with Crippen LogP contribution in [0.4, 0.5) is 5.69 Å². The number of hydrogen-bond donors (Lipinski definition) is 1. The molecule has 0 aromatic heterocycles. The molecule has 0 unspecified atom stereocenters. The van der Waals surface area contributed by atoms with E-state index in [0.29, 0.717) is 25.0 Å². The summed E-state index contributed by atoms with van der Waals surface area (Å²) in [5.41, 5.74) is 6.26. The first kappa shape index (κ1) is 26.3. The highest BCUT2D eigenvalue weighted by Crippen LogP contribution is 2.28. The molecule has 0 aliphatic carbocycles. The Labute approximate surface area is 210 Å². The maximum Gasteiger partial charge on any atom is 0.303 e. The van der Waals surface area contributed by atoms with Gasteiger partial charge < -0.3 is 14.7 Å². The van der Waals surface area contributed by atoms with Crippen molar-refractivity contribution in [1.82, 2.24) is 0 Å². The predicted octanol–water partition coefficient (Wildman–Crippen LogP) is 7.92. The van der Waals surface area contributed by atoms with Gasteiger partial charge in [0.05, 0.1) is 6.61 Å². The summed E-state index contributed by atoms with van der Waals surface area (Å²) in [7, 11) is 0. The maximum absolute atomic E-state index is 10.6. The summed E-state index contributed by atoms with van der Waals surface area (Å²) in [4.78, 5) is 13.1. The Kier molecular flexibility index (Phi) is 9.77. The lowest BCUT2D eigenvalue weighted by Crippen LogP contribution is -2.30. The monoisotopic (exact) mass is 473 g/mol. The second-order valence-corrected chi connectivity index (χ2v) is 9.40. The molecule has 3 aromatic rings. The van der Waals surface area contributed by atoms with Crippen molar-refractivity contribution in [3.05, 3.63) is 83.9 Å². The van der Waals surface area contributed by atoms with Crippen LogP contribution in [0, 0.1) is 0 Å². The van der Waals surface area contributed by atoms with Gasteiger partial charge in [-0.3, -0.25) is 4.79 Å². The zero-order valence-corrected chi connectivity index (χ0v) is 21.5. The standard InChI is InChI=1S/C31H39NO3/c1-5-25(6-2)26-12-16-29(17-13-26)32(23(3)4)22-24-9-7-10-28(21-24)27-14-18-30(19-15-27)35-20-8-11-31(33)34/h7,9-10,12-19,21,23,25H,5-6,8,11,20,22H2,1-4H3,(H,33,34). The molecule has 0 heterocycles. The van der Waals surface area contributed by atoms with Gasteiger partial charge in [0.25, 0.3) is 0 Å². The van der Waals surface area contributed by atoms with Crippen LogP contribution in [0.3, 0.4) is 0 Å². The van der Waals surface area contributed by atoms with Crippen molar-refractivity contribution in [3.63, 3.8) is 0 Å². The number of carboxylic acids is 1. The van der Waals surface area contributed by atoms with Crippen LogP contribution in [0.2, 0.25) is 0 Å². The number of aliphatic carboxylic acids is 1. The number of rotatable bonds is 13. The molecule has 0 atom stereocenters. The van der Waals surface area contributed by atoms with Gasteiger partial charge in [-0.05, 0) is 91.6 Å². The van der Waals surface area contributed by atoms with Gasteiger partial charge >= 0.3 is 5.97 Å². The highest BCUT2D eigenvalue weighted by Gasteiger charge is 2.14. The van der Waals surface area contributed by atoms with Gasteiger partial charge in [0.1, 0.15) is 5.75 Å². The molecular formula is C31H39NO3. The van der Waals surface area contributed by atoms with Crippen LogP contribution in [0.1, 0.15) is 70.4 Å². The third-order valence-electron chi connectivity index (χ3n) is 6.58. The molecule has 3 rings (SSSR count). The molecule has 0 spiro atoms.